The Hall–Kier alpha value is -1.56. The van der Waals surface area contributed by atoms with Crippen LogP contribution in [0, 0.1) is 11.7 Å². The molecule has 1 aromatic carbocycles. The van der Waals surface area contributed by atoms with Crippen LogP contribution in [0.4, 0.5) is 13.2 Å². The Morgan fingerprint density at radius 1 is 1.17 bits per heavy atom. The maximum absolute atomic E-state index is 13.7. The van der Waals surface area contributed by atoms with Gasteiger partial charge in [0.05, 0.1) is 5.92 Å². The summed E-state index contributed by atoms with van der Waals surface area (Å²) in [5.41, 5.74) is 0.623. The Labute approximate surface area is 134 Å². The zero-order valence-electron chi connectivity index (χ0n) is 13.0. The summed E-state index contributed by atoms with van der Waals surface area (Å²) < 4.78 is 40.0. The molecule has 126 valence electrons. The summed E-state index contributed by atoms with van der Waals surface area (Å²) in [5, 5.41) is 0. The molecular formula is C17H21F3N2O. The van der Waals surface area contributed by atoms with E-state index in [-0.39, 0.29) is 43.6 Å². The summed E-state index contributed by atoms with van der Waals surface area (Å²) in [7, 11) is 0. The van der Waals surface area contributed by atoms with Gasteiger partial charge in [0.2, 0.25) is 5.91 Å². The lowest BCUT2D eigenvalue weighted by molar-refractivity contribution is -0.141. The molecule has 6 heteroatoms. The summed E-state index contributed by atoms with van der Waals surface area (Å²) in [6.45, 7) is 2.05. The smallest absolute Gasteiger partial charge is 0.251 e. The molecule has 1 unspecified atom stereocenters. The van der Waals surface area contributed by atoms with Crippen LogP contribution in [-0.2, 0) is 11.3 Å². The predicted molar refractivity (Wildman–Crippen MR) is 80.5 cm³/mol. The van der Waals surface area contributed by atoms with Gasteiger partial charge >= 0.3 is 0 Å². The fourth-order valence-corrected chi connectivity index (χ4v) is 3.36. The standard InChI is InChI=1S/C17H21F3N2O/c18-15-4-2-1-3-13(15)11-21-8-5-14(12-21)16(23)22-9-6-17(19,20)7-10-22/h1-4,14H,5-12H2. The lowest BCUT2D eigenvalue weighted by Crippen LogP contribution is -2.45. The van der Waals surface area contributed by atoms with Crippen molar-refractivity contribution in [2.45, 2.75) is 31.7 Å². The van der Waals surface area contributed by atoms with Crippen molar-refractivity contribution in [2.75, 3.05) is 26.2 Å². The van der Waals surface area contributed by atoms with Gasteiger partial charge in [0, 0.05) is 44.6 Å². The molecule has 1 amide bonds. The molecule has 0 bridgehead atoms. The molecule has 0 N–H and O–H groups in total. The molecule has 2 heterocycles. The minimum absolute atomic E-state index is 0.0310. The fourth-order valence-electron chi connectivity index (χ4n) is 3.36. The van der Waals surface area contributed by atoms with E-state index in [0.717, 1.165) is 6.54 Å². The monoisotopic (exact) mass is 326 g/mol. The first kappa shape index (κ1) is 16.3. The van der Waals surface area contributed by atoms with Crippen molar-refractivity contribution in [1.82, 2.24) is 9.80 Å². The summed E-state index contributed by atoms with van der Waals surface area (Å²) in [4.78, 5) is 16.1. The Morgan fingerprint density at radius 2 is 1.87 bits per heavy atom. The topological polar surface area (TPSA) is 23.6 Å². The average molecular weight is 326 g/mol. The fraction of sp³-hybridized carbons (Fsp3) is 0.588. The molecule has 1 atom stereocenters. The van der Waals surface area contributed by atoms with Crippen molar-refractivity contribution in [2.24, 2.45) is 5.92 Å². The van der Waals surface area contributed by atoms with Gasteiger partial charge in [-0.15, -0.1) is 0 Å². The number of alkyl halides is 2. The number of amides is 1. The van der Waals surface area contributed by atoms with Gasteiger partial charge in [-0.2, -0.15) is 0 Å². The molecule has 0 aliphatic carbocycles. The van der Waals surface area contributed by atoms with E-state index in [2.05, 4.69) is 4.90 Å². The van der Waals surface area contributed by atoms with Gasteiger partial charge in [0.25, 0.3) is 5.92 Å². The van der Waals surface area contributed by atoms with Crippen LogP contribution < -0.4 is 0 Å². The Morgan fingerprint density at radius 3 is 2.57 bits per heavy atom. The van der Waals surface area contributed by atoms with Gasteiger partial charge < -0.3 is 4.90 Å². The van der Waals surface area contributed by atoms with Crippen molar-refractivity contribution in [3.05, 3.63) is 35.6 Å². The van der Waals surface area contributed by atoms with Crippen molar-refractivity contribution < 1.29 is 18.0 Å². The quantitative estimate of drug-likeness (QED) is 0.853. The van der Waals surface area contributed by atoms with Crippen molar-refractivity contribution >= 4 is 5.91 Å². The summed E-state index contributed by atoms with van der Waals surface area (Å²) in [5.74, 6) is -3.06. The van der Waals surface area contributed by atoms with Crippen LogP contribution >= 0.6 is 0 Å². The molecule has 0 aromatic heterocycles. The van der Waals surface area contributed by atoms with E-state index in [1.807, 2.05) is 0 Å². The van der Waals surface area contributed by atoms with E-state index in [4.69, 9.17) is 0 Å². The SMILES string of the molecule is O=C(C1CCN(Cc2ccccc2F)C1)N1CCC(F)(F)CC1. The van der Waals surface area contributed by atoms with Crippen LogP contribution in [0.2, 0.25) is 0 Å². The maximum Gasteiger partial charge on any atom is 0.251 e. The number of benzene rings is 1. The first-order valence-corrected chi connectivity index (χ1v) is 8.07. The lowest BCUT2D eigenvalue weighted by Gasteiger charge is -2.33. The molecule has 23 heavy (non-hydrogen) atoms. The second kappa shape index (κ2) is 6.51. The van der Waals surface area contributed by atoms with Crippen LogP contribution in [0.3, 0.4) is 0 Å². The Kier molecular flexibility index (Phi) is 4.62. The second-order valence-electron chi connectivity index (χ2n) is 6.49. The highest BCUT2D eigenvalue weighted by Gasteiger charge is 2.38. The highest BCUT2D eigenvalue weighted by molar-refractivity contribution is 5.79. The third kappa shape index (κ3) is 3.86. The molecule has 0 saturated carbocycles. The van der Waals surface area contributed by atoms with E-state index in [0.29, 0.717) is 25.1 Å². The van der Waals surface area contributed by atoms with Gasteiger partial charge in [0.15, 0.2) is 0 Å². The lowest BCUT2D eigenvalue weighted by atomic mass is 10.0. The molecular weight excluding hydrogens is 305 g/mol. The average Bonchev–Trinajstić information content (AvgIpc) is 2.97. The van der Waals surface area contributed by atoms with E-state index < -0.39 is 5.92 Å². The number of hydrogen-bond acceptors (Lipinski definition) is 2. The number of carbonyl (C=O) groups is 1. The van der Waals surface area contributed by atoms with E-state index in [1.165, 1.54) is 6.07 Å². The van der Waals surface area contributed by atoms with E-state index in [1.54, 1.807) is 23.1 Å². The van der Waals surface area contributed by atoms with E-state index in [9.17, 15) is 18.0 Å². The second-order valence-corrected chi connectivity index (χ2v) is 6.49. The number of piperidine rings is 1. The first-order valence-electron chi connectivity index (χ1n) is 8.07. The van der Waals surface area contributed by atoms with Crippen LogP contribution in [-0.4, -0.2) is 47.8 Å². The minimum atomic E-state index is -2.64. The number of rotatable bonds is 3. The highest BCUT2D eigenvalue weighted by Crippen LogP contribution is 2.29. The van der Waals surface area contributed by atoms with Gasteiger partial charge in [-0.05, 0) is 19.0 Å². The number of likely N-dealkylation sites (tertiary alicyclic amines) is 2. The summed E-state index contributed by atoms with van der Waals surface area (Å²) >= 11 is 0. The maximum atomic E-state index is 13.7. The summed E-state index contributed by atoms with van der Waals surface area (Å²) in [6.07, 6.45) is 0.217. The molecule has 1 aromatic rings. The molecule has 0 radical (unpaired) electrons. The van der Waals surface area contributed by atoms with Gasteiger partial charge in [0.1, 0.15) is 5.82 Å². The third-order valence-corrected chi connectivity index (χ3v) is 4.78. The molecule has 3 nitrogen and oxygen atoms in total. The number of hydrogen-bond donors (Lipinski definition) is 0. The van der Waals surface area contributed by atoms with Crippen LogP contribution in [0.5, 0.6) is 0 Å². The number of halogens is 3. The predicted octanol–water partition coefficient (Wildman–Crippen LogP) is 2.91. The third-order valence-electron chi connectivity index (χ3n) is 4.78. The molecule has 3 rings (SSSR count). The first-order chi connectivity index (χ1) is 10.9. The van der Waals surface area contributed by atoms with Gasteiger partial charge in [-0.3, -0.25) is 9.69 Å². The van der Waals surface area contributed by atoms with E-state index >= 15 is 0 Å². The largest absolute Gasteiger partial charge is 0.342 e. The molecule has 2 saturated heterocycles. The van der Waals surface area contributed by atoms with Crippen LogP contribution in [0.15, 0.2) is 24.3 Å². The van der Waals surface area contributed by atoms with Gasteiger partial charge in [-0.1, -0.05) is 18.2 Å². The number of carbonyl (C=O) groups excluding carboxylic acids is 1. The highest BCUT2D eigenvalue weighted by atomic mass is 19.3. The minimum Gasteiger partial charge on any atom is -0.342 e. The molecule has 2 fully saturated rings. The zero-order valence-corrected chi connectivity index (χ0v) is 13.0. The number of nitrogens with zero attached hydrogens (tertiary/aromatic N) is 2. The van der Waals surface area contributed by atoms with Crippen molar-refractivity contribution in [3.63, 3.8) is 0 Å². The normalized spacial score (nSPS) is 24.8. The molecule has 2 aliphatic heterocycles. The Bertz CT molecular complexity index is 569. The van der Waals surface area contributed by atoms with Crippen LogP contribution in [0.1, 0.15) is 24.8 Å². The van der Waals surface area contributed by atoms with Crippen molar-refractivity contribution in [3.8, 4) is 0 Å². The summed E-state index contributed by atoms with van der Waals surface area (Å²) in [6, 6.07) is 6.63. The zero-order chi connectivity index (χ0) is 16.4. The molecule has 2 aliphatic rings. The van der Waals surface area contributed by atoms with Crippen LogP contribution in [0.25, 0.3) is 0 Å². The molecule has 0 spiro atoms. The van der Waals surface area contributed by atoms with Gasteiger partial charge in [-0.25, -0.2) is 13.2 Å². The Balaban J connectivity index is 1.53. The van der Waals surface area contributed by atoms with Crippen molar-refractivity contribution in [1.29, 1.82) is 0 Å².